The molecule has 2 aromatic rings. The minimum absolute atomic E-state index is 0.279. The molecular weight excluding hydrogens is 433 g/mol. The second kappa shape index (κ2) is 9.83. The van der Waals surface area contributed by atoms with Gasteiger partial charge in [-0.1, -0.05) is 43.0 Å². The van der Waals surface area contributed by atoms with E-state index >= 15 is 0 Å². The summed E-state index contributed by atoms with van der Waals surface area (Å²) < 4.78 is 10.6. The van der Waals surface area contributed by atoms with E-state index in [0.717, 1.165) is 49.0 Å². The number of thiophene rings is 1. The van der Waals surface area contributed by atoms with Crippen molar-refractivity contribution in [1.29, 1.82) is 0 Å². The molecule has 0 unspecified atom stereocenters. The smallest absolute Gasteiger partial charge is 0.341 e. The van der Waals surface area contributed by atoms with Crippen LogP contribution in [0.1, 0.15) is 63.8 Å². The molecule has 5 nitrogen and oxygen atoms in total. The molecule has 0 saturated carbocycles. The summed E-state index contributed by atoms with van der Waals surface area (Å²) in [5, 5.41) is 3.88. The third-order valence-electron chi connectivity index (χ3n) is 4.79. The number of halogens is 2. The second-order valence-corrected chi connectivity index (χ2v) is 8.75. The van der Waals surface area contributed by atoms with Crippen LogP contribution in [0.2, 0.25) is 10.0 Å². The van der Waals surface area contributed by atoms with E-state index in [-0.39, 0.29) is 10.0 Å². The highest BCUT2D eigenvalue weighted by atomic mass is 35.5. The van der Waals surface area contributed by atoms with Crippen LogP contribution in [0.4, 0.5) is 5.00 Å². The summed E-state index contributed by atoms with van der Waals surface area (Å²) in [5.74, 6) is -0.450. The number of hydrogen-bond acceptors (Lipinski definition) is 5. The summed E-state index contributed by atoms with van der Waals surface area (Å²) in [4.78, 5) is 26.2. The first-order chi connectivity index (χ1) is 14.0. The number of fused-ring (bicyclic) bond motifs is 1. The maximum atomic E-state index is 12.8. The fourth-order valence-corrected chi connectivity index (χ4v) is 5.21. The third-order valence-corrected chi connectivity index (χ3v) is 6.56. The quantitative estimate of drug-likeness (QED) is 0.382. The standard InChI is InChI=1S/C21H23Cl2NO4S/c1-3-4-5-9-28-18-14(22)10-12(11-15(18)23)19(25)24-20-17(21(26)27-2)13-7-6-8-16(13)29-20/h10-11H,3-9H2,1-2H3,(H,24,25). The first kappa shape index (κ1) is 21.9. The van der Waals surface area contributed by atoms with Crippen molar-refractivity contribution in [2.45, 2.75) is 45.4 Å². The molecule has 0 atom stereocenters. The summed E-state index contributed by atoms with van der Waals surface area (Å²) in [7, 11) is 1.34. The molecule has 1 N–H and O–H groups in total. The van der Waals surface area contributed by atoms with E-state index in [0.29, 0.717) is 28.5 Å². The van der Waals surface area contributed by atoms with Gasteiger partial charge in [0.25, 0.3) is 5.91 Å². The molecule has 0 spiro atoms. The number of anilines is 1. The predicted molar refractivity (Wildman–Crippen MR) is 117 cm³/mol. The molecule has 1 aromatic carbocycles. The summed E-state index contributed by atoms with van der Waals surface area (Å²) >= 11 is 14.0. The Balaban J connectivity index is 1.79. The van der Waals surface area contributed by atoms with Crippen molar-refractivity contribution in [2.75, 3.05) is 19.0 Å². The number of benzene rings is 1. The van der Waals surface area contributed by atoms with Gasteiger partial charge in [0, 0.05) is 10.4 Å². The monoisotopic (exact) mass is 455 g/mol. The number of carbonyl (C=O) groups is 2. The van der Waals surface area contributed by atoms with Crippen molar-refractivity contribution < 1.29 is 19.1 Å². The average Bonchev–Trinajstić information content (AvgIpc) is 3.26. The van der Waals surface area contributed by atoms with Crippen LogP contribution >= 0.6 is 34.5 Å². The summed E-state index contributed by atoms with van der Waals surface area (Å²) in [5.41, 5.74) is 1.72. The van der Waals surface area contributed by atoms with Crippen molar-refractivity contribution in [1.82, 2.24) is 0 Å². The van der Waals surface area contributed by atoms with Gasteiger partial charge in [-0.25, -0.2) is 4.79 Å². The molecule has 1 amide bonds. The molecule has 1 aliphatic carbocycles. The van der Waals surface area contributed by atoms with Crippen molar-refractivity contribution in [3.05, 3.63) is 43.7 Å². The Hall–Kier alpha value is -1.76. The molecule has 0 saturated heterocycles. The molecular formula is C21H23Cl2NO4S. The van der Waals surface area contributed by atoms with Gasteiger partial charge >= 0.3 is 5.97 Å². The van der Waals surface area contributed by atoms with Gasteiger partial charge in [0.15, 0.2) is 5.75 Å². The fraction of sp³-hybridized carbons (Fsp3) is 0.429. The van der Waals surface area contributed by atoms with Gasteiger partial charge in [-0.05, 0) is 43.4 Å². The number of ether oxygens (including phenoxy) is 2. The minimum Gasteiger partial charge on any atom is -0.490 e. The van der Waals surface area contributed by atoms with Crippen LogP contribution in [-0.2, 0) is 17.6 Å². The van der Waals surface area contributed by atoms with E-state index < -0.39 is 11.9 Å². The van der Waals surface area contributed by atoms with Crippen LogP contribution in [0, 0.1) is 0 Å². The first-order valence-electron chi connectivity index (χ1n) is 9.62. The summed E-state index contributed by atoms with van der Waals surface area (Å²) in [6.45, 7) is 2.63. The first-order valence-corrected chi connectivity index (χ1v) is 11.2. The van der Waals surface area contributed by atoms with Crippen molar-refractivity contribution in [2.24, 2.45) is 0 Å². The number of carbonyl (C=O) groups excluding carboxylic acids is 2. The Kier molecular flexibility index (Phi) is 7.44. The van der Waals surface area contributed by atoms with E-state index in [2.05, 4.69) is 12.2 Å². The number of aryl methyl sites for hydroxylation is 1. The fourth-order valence-electron chi connectivity index (χ4n) is 3.34. The Labute approximate surface area is 184 Å². The lowest BCUT2D eigenvalue weighted by Crippen LogP contribution is -2.15. The Bertz CT molecular complexity index is 903. The number of hydrogen-bond donors (Lipinski definition) is 1. The number of methoxy groups -OCH3 is 1. The van der Waals surface area contributed by atoms with E-state index in [1.807, 2.05) is 0 Å². The highest BCUT2D eigenvalue weighted by molar-refractivity contribution is 7.17. The highest BCUT2D eigenvalue weighted by Crippen LogP contribution is 2.40. The van der Waals surface area contributed by atoms with Crippen LogP contribution in [0.25, 0.3) is 0 Å². The van der Waals surface area contributed by atoms with E-state index in [1.165, 1.54) is 30.6 Å². The normalized spacial score (nSPS) is 12.6. The molecule has 1 aromatic heterocycles. The minimum atomic E-state index is -0.438. The predicted octanol–water partition coefficient (Wildman–Crippen LogP) is 6.15. The molecule has 3 rings (SSSR count). The molecule has 0 radical (unpaired) electrons. The molecule has 0 fully saturated rings. The molecule has 1 aliphatic rings. The Morgan fingerprint density at radius 2 is 1.90 bits per heavy atom. The maximum Gasteiger partial charge on any atom is 0.341 e. The zero-order valence-corrected chi connectivity index (χ0v) is 18.7. The molecule has 0 aliphatic heterocycles. The molecule has 0 bridgehead atoms. The molecule has 156 valence electrons. The van der Waals surface area contributed by atoms with Crippen molar-refractivity contribution in [3.63, 3.8) is 0 Å². The molecule has 29 heavy (non-hydrogen) atoms. The summed E-state index contributed by atoms with van der Waals surface area (Å²) in [6, 6.07) is 3.05. The number of rotatable bonds is 8. The lowest BCUT2D eigenvalue weighted by Gasteiger charge is -2.12. The van der Waals surface area contributed by atoms with Gasteiger partial charge in [-0.2, -0.15) is 0 Å². The van der Waals surface area contributed by atoms with Gasteiger partial charge in [0.1, 0.15) is 5.00 Å². The van der Waals surface area contributed by atoms with Crippen molar-refractivity contribution in [3.8, 4) is 5.75 Å². The largest absolute Gasteiger partial charge is 0.490 e. The third kappa shape index (κ3) is 4.87. The SMILES string of the molecule is CCCCCOc1c(Cl)cc(C(=O)Nc2sc3c(c2C(=O)OC)CCC3)cc1Cl. The lowest BCUT2D eigenvalue weighted by atomic mass is 10.1. The van der Waals surface area contributed by atoms with Gasteiger partial charge in [0.05, 0.1) is 29.3 Å². The topological polar surface area (TPSA) is 64.6 Å². The van der Waals surface area contributed by atoms with Gasteiger partial charge in [0.2, 0.25) is 0 Å². The number of unbranched alkanes of at least 4 members (excludes halogenated alkanes) is 2. The van der Waals surface area contributed by atoms with E-state index in [4.69, 9.17) is 32.7 Å². The zero-order valence-electron chi connectivity index (χ0n) is 16.4. The van der Waals surface area contributed by atoms with Gasteiger partial charge < -0.3 is 14.8 Å². The van der Waals surface area contributed by atoms with Gasteiger partial charge in [-0.3, -0.25) is 4.79 Å². The number of amides is 1. The molecule has 1 heterocycles. The lowest BCUT2D eigenvalue weighted by molar-refractivity contribution is 0.0601. The highest BCUT2D eigenvalue weighted by Gasteiger charge is 2.28. The second-order valence-electron chi connectivity index (χ2n) is 6.83. The van der Waals surface area contributed by atoms with Gasteiger partial charge in [-0.15, -0.1) is 11.3 Å². The van der Waals surface area contributed by atoms with Crippen LogP contribution in [0.3, 0.4) is 0 Å². The van der Waals surface area contributed by atoms with Crippen LogP contribution < -0.4 is 10.1 Å². The summed E-state index contributed by atoms with van der Waals surface area (Å²) in [6.07, 6.45) is 5.78. The molecule has 8 heteroatoms. The Morgan fingerprint density at radius 1 is 1.17 bits per heavy atom. The van der Waals surface area contributed by atoms with Crippen LogP contribution in [0.15, 0.2) is 12.1 Å². The van der Waals surface area contributed by atoms with Crippen LogP contribution in [-0.4, -0.2) is 25.6 Å². The van der Waals surface area contributed by atoms with E-state index in [1.54, 1.807) is 0 Å². The maximum absolute atomic E-state index is 12.8. The zero-order chi connectivity index (χ0) is 21.0. The van der Waals surface area contributed by atoms with Crippen molar-refractivity contribution >= 4 is 51.4 Å². The average molecular weight is 456 g/mol. The number of esters is 1. The Morgan fingerprint density at radius 3 is 2.55 bits per heavy atom. The van der Waals surface area contributed by atoms with E-state index in [9.17, 15) is 9.59 Å². The van der Waals surface area contributed by atoms with Crippen LogP contribution in [0.5, 0.6) is 5.75 Å². The number of nitrogens with one attached hydrogen (secondary N) is 1.